The number of carbonyl (C=O) groups excluding carboxylic acids is 1. The second-order valence-electron chi connectivity index (χ2n) is 9.64. The van der Waals surface area contributed by atoms with Gasteiger partial charge in [0.2, 0.25) is 0 Å². The Morgan fingerprint density at radius 3 is 2.08 bits per heavy atom. The lowest BCUT2D eigenvalue weighted by atomic mass is 10.1. The third-order valence-electron chi connectivity index (χ3n) is 6.38. The van der Waals surface area contributed by atoms with Crippen LogP contribution in [0.1, 0.15) is 76.0 Å². The van der Waals surface area contributed by atoms with Gasteiger partial charge in [0.15, 0.2) is 0 Å². The zero-order valence-electron chi connectivity index (χ0n) is 22.9. The minimum Gasteiger partial charge on any atom is -0.497 e. The van der Waals surface area contributed by atoms with Crippen molar-refractivity contribution in [2.45, 2.75) is 64.7 Å². The lowest BCUT2D eigenvalue weighted by Crippen LogP contribution is -2.05. The number of hydrogen-bond acceptors (Lipinski definition) is 5. The number of rotatable bonds is 17. The molecule has 2 aromatic carbocycles. The zero-order chi connectivity index (χ0) is 27.0. The van der Waals surface area contributed by atoms with E-state index in [4.69, 9.17) is 19.2 Å². The molecule has 0 aliphatic rings. The van der Waals surface area contributed by atoms with Crippen LogP contribution in [-0.2, 0) is 9.53 Å². The number of ether oxygens (including phenoxy) is 3. The number of esters is 1. The molecule has 1 aromatic heterocycles. The normalized spacial score (nSPS) is 11.1. The first-order valence-corrected chi connectivity index (χ1v) is 13.7. The monoisotopic (exact) mass is 515 g/mol. The van der Waals surface area contributed by atoms with Crippen molar-refractivity contribution in [3.8, 4) is 11.5 Å². The SMILES string of the molecule is C=C(C)C(=O)OCCCCCCCCCCCOc1ccc(/C=C/c2ccc3cc(OC)ccc3n2)cc1. The smallest absolute Gasteiger partial charge is 0.333 e. The van der Waals surface area contributed by atoms with Crippen molar-refractivity contribution in [3.63, 3.8) is 0 Å². The van der Waals surface area contributed by atoms with Crippen LogP contribution in [0.15, 0.2) is 66.7 Å². The number of carbonyl (C=O) groups is 1. The maximum atomic E-state index is 11.3. The van der Waals surface area contributed by atoms with Crippen LogP contribution in [0.2, 0.25) is 0 Å². The highest BCUT2D eigenvalue weighted by atomic mass is 16.5. The summed E-state index contributed by atoms with van der Waals surface area (Å²) in [5, 5.41) is 1.07. The Morgan fingerprint density at radius 2 is 1.42 bits per heavy atom. The minimum absolute atomic E-state index is 0.281. The van der Waals surface area contributed by atoms with Gasteiger partial charge in [0.05, 0.1) is 31.5 Å². The van der Waals surface area contributed by atoms with E-state index in [2.05, 4.69) is 30.9 Å². The van der Waals surface area contributed by atoms with Gasteiger partial charge in [-0.25, -0.2) is 9.78 Å². The van der Waals surface area contributed by atoms with Crippen molar-refractivity contribution in [2.75, 3.05) is 20.3 Å². The molecule has 0 atom stereocenters. The Morgan fingerprint density at radius 1 is 0.789 bits per heavy atom. The number of nitrogens with zero attached hydrogens (tertiary/aromatic N) is 1. The Bertz CT molecular complexity index is 1180. The minimum atomic E-state index is -0.281. The van der Waals surface area contributed by atoms with E-state index in [1.54, 1.807) is 14.0 Å². The van der Waals surface area contributed by atoms with Gasteiger partial charge >= 0.3 is 5.97 Å². The van der Waals surface area contributed by atoms with Crippen LogP contribution in [0.4, 0.5) is 0 Å². The van der Waals surface area contributed by atoms with Gasteiger partial charge in [-0.3, -0.25) is 0 Å². The number of hydrogen-bond donors (Lipinski definition) is 0. The maximum absolute atomic E-state index is 11.3. The predicted octanol–water partition coefficient (Wildman–Crippen LogP) is 8.42. The van der Waals surface area contributed by atoms with Crippen molar-refractivity contribution in [1.29, 1.82) is 0 Å². The van der Waals surface area contributed by atoms with E-state index in [1.807, 2.05) is 42.5 Å². The molecule has 0 unspecified atom stereocenters. The summed E-state index contributed by atoms with van der Waals surface area (Å²) in [6, 6.07) is 18.2. The molecule has 0 aliphatic heterocycles. The van der Waals surface area contributed by atoms with Crippen molar-refractivity contribution < 1.29 is 19.0 Å². The Balaban J connectivity index is 1.23. The quantitative estimate of drug-likeness (QED) is 0.103. The summed E-state index contributed by atoms with van der Waals surface area (Å²) < 4.78 is 16.3. The number of fused-ring (bicyclic) bond motifs is 1. The van der Waals surface area contributed by atoms with Gasteiger partial charge in [0.25, 0.3) is 0 Å². The lowest BCUT2D eigenvalue weighted by molar-refractivity contribution is -0.139. The Hall–Kier alpha value is -3.60. The number of aromatic nitrogens is 1. The third-order valence-corrected chi connectivity index (χ3v) is 6.38. The molecular formula is C33H41NO4. The van der Waals surface area contributed by atoms with E-state index in [-0.39, 0.29) is 5.97 Å². The molecule has 5 heteroatoms. The number of unbranched alkanes of at least 4 members (excludes halogenated alkanes) is 8. The molecule has 0 spiro atoms. The molecule has 0 saturated carbocycles. The molecule has 5 nitrogen and oxygen atoms in total. The highest BCUT2D eigenvalue weighted by Crippen LogP contribution is 2.21. The van der Waals surface area contributed by atoms with E-state index >= 15 is 0 Å². The average molecular weight is 516 g/mol. The van der Waals surface area contributed by atoms with Gasteiger partial charge in [-0.15, -0.1) is 0 Å². The molecule has 0 amide bonds. The fraction of sp³-hybridized carbons (Fsp3) is 0.394. The first kappa shape index (κ1) is 29.0. The highest BCUT2D eigenvalue weighted by Gasteiger charge is 2.02. The van der Waals surface area contributed by atoms with Gasteiger partial charge < -0.3 is 14.2 Å². The number of methoxy groups -OCH3 is 1. The fourth-order valence-corrected chi connectivity index (χ4v) is 4.12. The van der Waals surface area contributed by atoms with Crippen LogP contribution in [0.3, 0.4) is 0 Å². The predicted molar refractivity (Wildman–Crippen MR) is 156 cm³/mol. The average Bonchev–Trinajstić information content (AvgIpc) is 2.94. The molecule has 3 aromatic rings. The summed E-state index contributed by atoms with van der Waals surface area (Å²) in [5.41, 5.74) is 3.45. The first-order chi connectivity index (χ1) is 18.5. The van der Waals surface area contributed by atoms with Crippen LogP contribution in [0.5, 0.6) is 11.5 Å². The van der Waals surface area contributed by atoms with Crippen LogP contribution in [0.25, 0.3) is 23.1 Å². The van der Waals surface area contributed by atoms with Crippen LogP contribution >= 0.6 is 0 Å². The largest absolute Gasteiger partial charge is 0.497 e. The second-order valence-corrected chi connectivity index (χ2v) is 9.64. The summed E-state index contributed by atoms with van der Waals surface area (Å²) in [7, 11) is 1.67. The summed E-state index contributed by atoms with van der Waals surface area (Å²) in [6.07, 6.45) is 14.7. The van der Waals surface area contributed by atoms with E-state index in [0.29, 0.717) is 12.2 Å². The molecular weight excluding hydrogens is 474 g/mol. The molecule has 3 rings (SSSR count). The molecule has 0 radical (unpaired) electrons. The molecule has 0 saturated heterocycles. The standard InChI is InChI=1S/C33H41NO4/c1-26(2)33(35)38-24-12-10-8-6-4-5-7-9-11-23-37-30-19-14-27(15-20-30)13-17-29-18-16-28-25-31(36-3)21-22-32(28)34-29/h13-22,25H,1,4-12,23-24H2,2-3H3/b17-13+. The Labute approximate surface area is 227 Å². The molecule has 0 fully saturated rings. The topological polar surface area (TPSA) is 57.7 Å². The molecule has 38 heavy (non-hydrogen) atoms. The van der Waals surface area contributed by atoms with Crippen LogP contribution in [0, 0.1) is 0 Å². The van der Waals surface area contributed by atoms with Crippen molar-refractivity contribution in [2.24, 2.45) is 0 Å². The van der Waals surface area contributed by atoms with Gasteiger partial charge in [-0.05, 0) is 67.8 Å². The van der Waals surface area contributed by atoms with Gasteiger partial charge in [-0.1, -0.05) is 75.8 Å². The van der Waals surface area contributed by atoms with Crippen LogP contribution < -0.4 is 9.47 Å². The Kier molecular flexibility index (Phi) is 12.4. The lowest BCUT2D eigenvalue weighted by Gasteiger charge is -2.07. The van der Waals surface area contributed by atoms with E-state index in [9.17, 15) is 4.79 Å². The second kappa shape index (κ2) is 16.3. The zero-order valence-corrected chi connectivity index (χ0v) is 22.9. The number of pyridine rings is 1. The van der Waals surface area contributed by atoms with E-state index in [1.165, 1.54) is 38.5 Å². The van der Waals surface area contributed by atoms with Crippen molar-refractivity contribution in [3.05, 3.63) is 78.0 Å². The molecule has 0 aliphatic carbocycles. The van der Waals surface area contributed by atoms with Crippen molar-refractivity contribution in [1.82, 2.24) is 4.98 Å². The summed E-state index contributed by atoms with van der Waals surface area (Å²) in [6.45, 7) is 6.52. The molecule has 1 heterocycles. The molecule has 0 N–H and O–H groups in total. The number of benzene rings is 2. The van der Waals surface area contributed by atoms with Gasteiger partial charge in [0.1, 0.15) is 11.5 Å². The van der Waals surface area contributed by atoms with E-state index < -0.39 is 0 Å². The van der Waals surface area contributed by atoms with E-state index in [0.717, 1.165) is 59.5 Å². The summed E-state index contributed by atoms with van der Waals surface area (Å²) >= 11 is 0. The fourth-order valence-electron chi connectivity index (χ4n) is 4.12. The maximum Gasteiger partial charge on any atom is 0.333 e. The van der Waals surface area contributed by atoms with Gasteiger partial charge in [0, 0.05) is 11.0 Å². The van der Waals surface area contributed by atoms with Gasteiger partial charge in [-0.2, -0.15) is 0 Å². The highest BCUT2D eigenvalue weighted by molar-refractivity contribution is 5.86. The van der Waals surface area contributed by atoms with Crippen LogP contribution in [-0.4, -0.2) is 31.3 Å². The first-order valence-electron chi connectivity index (χ1n) is 13.7. The van der Waals surface area contributed by atoms with Crippen molar-refractivity contribution >= 4 is 29.0 Å². The molecule has 0 bridgehead atoms. The summed E-state index contributed by atoms with van der Waals surface area (Å²) in [4.78, 5) is 16.0. The summed E-state index contributed by atoms with van der Waals surface area (Å²) in [5.74, 6) is 1.47. The third kappa shape index (κ3) is 10.4. The molecule has 202 valence electrons.